The molecule has 1 aliphatic heterocycles. The van der Waals surface area contributed by atoms with E-state index in [4.69, 9.17) is 4.74 Å². The van der Waals surface area contributed by atoms with Crippen molar-refractivity contribution in [3.05, 3.63) is 114 Å². The minimum atomic E-state index is 0.547. The fraction of sp³-hybridized carbons (Fsp3) is 0.219. The Bertz CT molecular complexity index is 1560. The first-order valence-electron chi connectivity index (χ1n) is 12.3. The molecule has 0 radical (unpaired) electrons. The minimum Gasteiger partial charge on any atom is -0.488 e. The lowest BCUT2D eigenvalue weighted by Gasteiger charge is -2.19. The zero-order valence-electron chi connectivity index (χ0n) is 20.2. The molecule has 0 aromatic heterocycles. The van der Waals surface area contributed by atoms with Crippen LogP contribution in [0, 0.1) is 14.0 Å². The molecule has 0 N–H and O–H groups in total. The summed E-state index contributed by atoms with van der Waals surface area (Å²) in [5.41, 5.74) is 7.28. The third-order valence-corrected chi connectivity index (χ3v) is 7.82. The Hall–Kier alpha value is -2.92. The molecule has 0 fully saturated rings. The topological polar surface area (TPSA) is 21.6 Å². The normalized spacial score (nSPS) is 14.7. The molecule has 0 spiro atoms. The minimum absolute atomic E-state index is 0.547. The van der Waals surface area contributed by atoms with Crippen LogP contribution in [0.4, 0.5) is 0 Å². The van der Waals surface area contributed by atoms with E-state index in [2.05, 4.69) is 95.7 Å². The van der Waals surface area contributed by atoms with Crippen LogP contribution in [-0.4, -0.2) is 12.8 Å². The maximum Gasteiger partial charge on any atom is 0.140 e. The standard InChI is InChI=1S/C22H21IO.C10H9N/c1-3-13-24-22-20-10-9-17-16-6-4-5-14(2)15(16)7-8-18(17)19(20)11-12-21(22)23;1-2-4-10-6-8-11-7-5-9(10)3-1/h3,7-8,10-12H,1,4-6,9,13H2,2H3;1-5,7-8H,6H2. The first-order valence-corrected chi connectivity index (χ1v) is 13.4. The summed E-state index contributed by atoms with van der Waals surface area (Å²) in [6.07, 6.45) is 15.7. The summed E-state index contributed by atoms with van der Waals surface area (Å²) in [6.45, 7) is 6.60. The number of hydrogen-bond donors (Lipinski definition) is 0. The highest BCUT2D eigenvalue weighted by Gasteiger charge is 2.15. The van der Waals surface area contributed by atoms with E-state index in [0.717, 1.165) is 22.2 Å². The highest BCUT2D eigenvalue weighted by Crippen LogP contribution is 2.23. The molecule has 0 saturated carbocycles. The molecule has 2 aliphatic carbocycles. The second kappa shape index (κ2) is 10.8. The van der Waals surface area contributed by atoms with Gasteiger partial charge in [0.1, 0.15) is 12.4 Å². The molecule has 2 nitrogen and oxygen atoms in total. The number of ether oxygens (including phenoxy) is 1. The number of nitrogens with zero attached hydrogens (tertiary/aromatic N) is 1. The van der Waals surface area contributed by atoms with Crippen LogP contribution in [0.15, 0.2) is 72.4 Å². The van der Waals surface area contributed by atoms with Gasteiger partial charge in [0.25, 0.3) is 0 Å². The predicted molar refractivity (Wildman–Crippen MR) is 156 cm³/mol. The van der Waals surface area contributed by atoms with Crippen molar-refractivity contribution in [2.24, 2.45) is 4.99 Å². The van der Waals surface area contributed by atoms with Crippen LogP contribution in [0.3, 0.4) is 0 Å². The van der Waals surface area contributed by atoms with Crippen molar-refractivity contribution in [2.75, 3.05) is 6.61 Å². The Morgan fingerprint density at radius 3 is 2.69 bits per heavy atom. The van der Waals surface area contributed by atoms with Crippen molar-refractivity contribution in [1.82, 2.24) is 0 Å². The number of hydrogen-bond acceptors (Lipinski definition) is 2. The first-order chi connectivity index (χ1) is 17.2. The molecule has 3 aliphatic rings. The van der Waals surface area contributed by atoms with Crippen LogP contribution < -0.4 is 15.2 Å². The summed E-state index contributed by atoms with van der Waals surface area (Å²) < 4.78 is 7.13. The highest BCUT2D eigenvalue weighted by molar-refractivity contribution is 14.1. The van der Waals surface area contributed by atoms with E-state index in [-0.39, 0.29) is 0 Å². The van der Waals surface area contributed by atoms with Gasteiger partial charge in [-0.1, -0.05) is 66.8 Å². The summed E-state index contributed by atoms with van der Waals surface area (Å²) >= 11 is 2.36. The number of fused-ring (bicyclic) bond motifs is 5. The summed E-state index contributed by atoms with van der Waals surface area (Å²) in [7, 11) is 0. The fourth-order valence-electron chi connectivity index (χ4n) is 5.25. The number of benzene rings is 3. The van der Waals surface area contributed by atoms with Crippen LogP contribution in [-0.2, 0) is 19.3 Å². The summed E-state index contributed by atoms with van der Waals surface area (Å²) in [5.74, 6) is 0.999. The van der Waals surface area contributed by atoms with Crippen molar-refractivity contribution < 1.29 is 4.74 Å². The molecule has 176 valence electrons. The summed E-state index contributed by atoms with van der Waals surface area (Å²) in [4.78, 5) is 4.08. The fourth-order valence-corrected chi connectivity index (χ4v) is 5.88. The smallest absolute Gasteiger partial charge is 0.140 e. The van der Waals surface area contributed by atoms with Crippen LogP contribution in [0.25, 0.3) is 17.7 Å². The average molecular weight is 572 g/mol. The maximum atomic E-state index is 5.97. The van der Waals surface area contributed by atoms with Crippen LogP contribution in [0.5, 0.6) is 5.75 Å². The number of rotatable bonds is 3. The molecule has 6 rings (SSSR count). The van der Waals surface area contributed by atoms with E-state index in [0.29, 0.717) is 6.61 Å². The predicted octanol–water partition coefficient (Wildman–Crippen LogP) is 6.27. The van der Waals surface area contributed by atoms with Crippen LogP contribution in [0.1, 0.15) is 42.0 Å². The lowest BCUT2D eigenvalue weighted by atomic mass is 9.86. The van der Waals surface area contributed by atoms with Crippen molar-refractivity contribution in [3.8, 4) is 5.75 Å². The van der Waals surface area contributed by atoms with Gasteiger partial charge in [-0.15, -0.1) is 0 Å². The second-order valence-corrected chi connectivity index (χ2v) is 10.3. The molecule has 35 heavy (non-hydrogen) atoms. The zero-order chi connectivity index (χ0) is 24.2. The molecule has 3 heteroatoms. The van der Waals surface area contributed by atoms with Gasteiger partial charge in [-0.2, -0.15) is 0 Å². The van der Waals surface area contributed by atoms with E-state index in [1.54, 1.807) is 17.2 Å². The largest absolute Gasteiger partial charge is 0.488 e. The van der Waals surface area contributed by atoms with E-state index in [1.807, 2.05) is 18.5 Å². The summed E-state index contributed by atoms with van der Waals surface area (Å²) in [5, 5.41) is 5.43. The molecule has 0 unspecified atom stereocenters. The van der Waals surface area contributed by atoms with Crippen LogP contribution >= 0.6 is 22.6 Å². The van der Waals surface area contributed by atoms with Gasteiger partial charge in [-0.3, -0.25) is 4.99 Å². The third kappa shape index (κ3) is 4.92. The first kappa shape index (κ1) is 23.8. The van der Waals surface area contributed by atoms with Crippen molar-refractivity contribution in [1.29, 1.82) is 0 Å². The quantitative estimate of drug-likeness (QED) is 0.268. The Kier molecular flexibility index (Phi) is 7.33. The van der Waals surface area contributed by atoms with Crippen molar-refractivity contribution in [2.45, 2.75) is 39.0 Å². The third-order valence-electron chi connectivity index (χ3n) is 6.98. The monoisotopic (exact) mass is 571 g/mol. The van der Waals surface area contributed by atoms with Gasteiger partial charge < -0.3 is 4.74 Å². The molecule has 3 aromatic rings. The Balaban J connectivity index is 0.000000192. The molecule has 0 amide bonds. The molecule has 0 saturated heterocycles. The summed E-state index contributed by atoms with van der Waals surface area (Å²) in [6, 6.07) is 17.4. The SMILES string of the molecule is C1=Cc2ccccc2CC=N1.C=CCOc1c(I)ccc2c1=CCc1c3c(ccc1=2)=C(C)CCC3. The van der Waals surface area contributed by atoms with Gasteiger partial charge in [0.15, 0.2) is 0 Å². The molecule has 0 bridgehead atoms. The van der Waals surface area contributed by atoms with Crippen LogP contribution in [0.2, 0.25) is 0 Å². The van der Waals surface area contributed by atoms with Crippen molar-refractivity contribution in [3.63, 3.8) is 0 Å². The highest BCUT2D eigenvalue weighted by atomic mass is 127. The Morgan fingerprint density at radius 2 is 1.80 bits per heavy atom. The van der Waals surface area contributed by atoms with E-state index in [9.17, 15) is 0 Å². The van der Waals surface area contributed by atoms with Gasteiger partial charge >= 0.3 is 0 Å². The molecule has 3 aromatic carbocycles. The maximum absolute atomic E-state index is 5.97. The van der Waals surface area contributed by atoms with Gasteiger partial charge in [0.05, 0.1) is 3.57 Å². The van der Waals surface area contributed by atoms with Gasteiger partial charge in [-0.05, 0) is 105 Å². The Morgan fingerprint density at radius 1 is 0.971 bits per heavy atom. The molecular formula is C32H30INO. The van der Waals surface area contributed by atoms with E-state index in [1.165, 1.54) is 56.8 Å². The molecule has 1 heterocycles. The lowest BCUT2D eigenvalue weighted by Crippen LogP contribution is -2.22. The van der Waals surface area contributed by atoms with Crippen molar-refractivity contribution >= 4 is 46.5 Å². The second-order valence-electron chi connectivity index (χ2n) is 9.15. The lowest BCUT2D eigenvalue weighted by molar-refractivity contribution is 0.357. The van der Waals surface area contributed by atoms with Gasteiger partial charge in [-0.25, -0.2) is 0 Å². The average Bonchev–Trinajstić information content (AvgIpc) is 3.14. The Labute approximate surface area is 220 Å². The van der Waals surface area contributed by atoms with Gasteiger partial charge in [0, 0.05) is 24.1 Å². The van der Waals surface area contributed by atoms with E-state index < -0.39 is 0 Å². The van der Waals surface area contributed by atoms with Gasteiger partial charge in [0.2, 0.25) is 0 Å². The number of aliphatic imine (C=N–C) groups is 1. The molecule has 0 atom stereocenters. The zero-order valence-corrected chi connectivity index (χ0v) is 22.3. The van der Waals surface area contributed by atoms with E-state index >= 15 is 0 Å². The molecular weight excluding hydrogens is 541 g/mol. The number of halogens is 1.